The summed E-state index contributed by atoms with van der Waals surface area (Å²) in [5.41, 5.74) is 6.29. The molecular weight excluding hydrogens is 324 g/mol. The molecule has 0 unspecified atom stereocenters. The second-order valence-electron chi connectivity index (χ2n) is 3.70. The van der Waals surface area contributed by atoms with Crippen LogP contribution in [0.25, 0.3) is 0 Å². The van der Waals surface area contributed by atoms with Gasteiger partial charge in [-0.2, -0.15) is 0 Å². The van der Waals surface area contributed by atoms with Crippen molar-refractivity contribution in [2.24, 2.45) is 0 Å². The fourth-order valence-electron chi connectivity index (χ4n) is 1.62. The number of rotatable bonds is 0. The van der Waals surface area contributed by atoms with E-state index in [4.69, 9.17) is 0 Å². The van der Waals surface area contributed by atoms with Gasteiger partial charge in [0.25, 0.3) is 0 Å². The van der Waals surface area contributed by atoms with E-state index in [0.29, 0.717) is 2.97 Å². The van der Waals surface area contributed by atoms with Crippen LogP contribution in [0, 0.1) is 0 Å². The molecule has 0 saturated carbocycles. The summed E-state index contributed by atoms with van der Waals surface area (Å²) < 4.78 is 0.480. The first-order chi connectivity index (χ1) is 4.89. The van der Waals surface area contributed by atoms with Gasteiger partial charge in [0.15, 0.2) is 0 Å². The molecule has 0 fully saturated rings. The maximum atomic E-state index is 2.38. The summed E-state index contributed by atoms with van der Waals surface area (Å²) >= 11 is 1.03. The van der Waals surface area contributed by atoms with Gasteiger partial charge in [-0.15, -0.1) is 0 Å². The zero-order valence-electron chi connectivity index (χ0n) is 8.08. The summed E-state index contributed by atoms with van der Waals surface area (Å²) in [5, 5.41) is 0. The van der Waals surface area contributed by atoms with Gasteiger partial charge in [0.2, 0.25) is 0 Å². The summed E-state index contributed by atoms with van der Waals surface area (Å²) in [6.07, 6.45) is 0. The fourth-order valence-corrected chi connectivity index (χ4v) is 3.31. The Morgan fingerprint density at radius 3 is 1.27 bits per heavy atom. The normalized spacial score (nSPS) is 23.3. The molecule has 1 aliphatic carbocycles. The molecule has 0 nitrogen and oxygen atoms in total. The Hall–Kier alpha value is 0.402. The minimum atomic E-state index is 0.480. The molecule has 11 heavy (non-hydrogen) atoms. The van der Waals surface area contributed by atoms with Crippen LogP contribution in [0.1, 0.15) is 34.6 Å². The quantitative estimate of drug-likeness (QED) is 0.595. The first-order valence-electron chi connectivity index (χ1n) is 4.04. The van der Waals surface area contributed by atoms with Gasteiger partial charge in [0, 0.05) is 0 Å². The molecule has 0 saturated heterocycles. The molecule has 0 aliphatic heterocycles. The van der Waals surface area contributed by atoms with Gasteiger partial charge in [-0.25, -0.2) is 0 Å². The average molecular weight is 340 g/mol. The monoisotopic (exact) mass is 340 g/mol. The molecule has 1 rings (SSSR count). The van der Waals surface area contributed by atoms with Gasteiger partial charge in [-0.1, -0.05) is 0 Å². The van der Waals surface area contributed by atoms with Crippen molar-refractivity contribution >= 4 is 25.8 Å². The summed E-state index contributed by atoms with van der Waals surface area (Å²) in [6.45, 7) is 11.5. The van der Waals surface area contributed by atoms with Gasteiger partial charge in [-0.05, 0) is 0 Å². The Labute approximate surface area is 85.4 Å². The Morgan fingerprint density at radius 2 is 1.18 bits per heavy atom. The molecule has 0 N–H and O–H groups in total. The van der Waals surface area contributed by atoms with E-state index in [1.165, 1.54) is 11.1 Å². The van der Waals surface area contributed by atoms with E-state index in [-0.39, 0.29) is 0 Å². The average Bonchev–Trinajstić information content (AvgIpc) is 2.06. The molecular formula is C10H15Tl. The molecule has 1 aliphatic rings. The van der Waals surface area contributed by atoms with Gasteiger partial charge < -0.3 is 0 Å². The van der Waals surface area contributed by atoms with Crippen molar-refractivity contribution in [2.75, 3.05) is 0 Å². The Bertz CT molecular complexity index is 228. The van der Waals surface area contributed by atoms with E-state index >= 15 is 0 Å². The van der Waals surface area contributed by atoms with Crippen LogP contribution in [-0.2, 0) is 0 Å². The van der Waals surface area contributed by atoms with Crippen molar-refractivity contribution in [3.8, 4) is 0 Å². The van der Waals surface area contributed by atoms with Crippen molar-refractivity contribution in [1.29, 1.82) is 0 Å². The molecule has 0 heterocycles. The molecule has 0 bridgehead atoms. The van der Waals surface area contributed by atoms with Crippen LogP contribution in [0.4, 0.5) is 0 Å². The third kappa shape index (κ3) is 1.23. The van der Waals surface area contributed by atoms with Gasteiger partial charge in [0.1, 0.15) is 0 Å². The van der Waals surface area contributed by atoms with Gasteiger partial charge in [-0.3, -0.25) is 0 Å². The molecule has 0 aromatic carbocycles. The van der Waals surface area contributed by atoms with Crippen LogP contribution >= 0.6 is 0 Å². The number of allylic oxidation sites excluding steroid dienone is 4. The van der Waals surface area contributed by atoms with Crippen molar-refractivity contribution < 1.29 is 0 Å². The number of hydrogen-bond acceptors (Lipinski definition) is 0. The molecule has 0 amide bonds. The second-order valence-corrected chi connectivity index (χ2v) is 8.19. The van der Waals surface area contributed by atoms with E-state index in [9.17, 15) is 0 Å². The van der Waals surface area contributed by atoms with Crippen LogP contribution < -0.4 is 0 Å². The second kappa shape index (κ2) is 2.72. The van der Waals surface area contributed by atoms with Crippen molar-refractivity contribution in [1.82, 2.24) is 0 Å². The molecule has 0 radical (unpaired) electrons. The van der Waals surface area contributed by atoms with Crippen LogP contribution in [0.2, 0.25) is 2.97 Å². The fraction of sp³-hybridized carbons (Fsp3) is 0.600. The third-order valence-corrected chi connectivity index (χ3v) is 6.61. The standard InChI is InChI=1S/C10H15.Tl/c1-6-7(2)9(4)10(5)8(6)3;/h1-5H3;. The predicted octanol–water partition coefficient (Wildman–Crippen LogP) is 3.02. The van der Waals surface area contributed by atoms with Gasteiger partial charge >= 0.3 is 85.7 Å². The van der Waals surface area contributed by atoms with Crippen LogP contribution in [0.5, 0.6) is 0 Å². The Kier molecular flexibility index (Phi) is 2.34. The minimum absolute atomic E-state index is 0.480. The topological polar surface area (TPSA) is 0 Å². The summed E-state index contributed by atoms with van der Waals surface area (Å²) in [4.78, 5) is 0. The van der Waals surface area contributed by atoms with Crippen LogP contribution in [0.3, 0.4) is 0 Å². The summed E-state index contributed by atoms with van der Waals surface area (Å²) in [6, 6.07) is 0. The third-order valence-electron chi connectivity index (χ3n) is 3.25. The molecule has 0 atom stereocenters. The first-order valence-corrected chi connectivity index (χ1v) is 6.28. The van der Waals surface area contributed by atoms with Crippen LogP contribution in [-0.4, -0.2) is 25.8 Å². The van der Waals surface area contributed by atoms with E-state index < -0.39 is 0 Å². The van der Waals surface area contributed by atoms with E-state index in [2.05, 4.69) is 34.6 Å². The molecule has 0 aromatic rings. The van der Waals surface area contributed by atoms with Crippen molar-refractivity contribution in [3.63, 3.8) is 0 Å². The molecule has 0 spiro atoms. The Morgan fingerprint density at radius 1 is 0.909 bits per heavy atom. The van der Waals surface area contributed by atoms with E-state index in [1.807, 2.05) is 0 Å². The first kappa shape index (κ1) is 9.49. The van der Waals surface area contributed by atoms with Crippen molar-refractivity contribution in [2.45, 2.75) is 37.6 Å². The van der Waals surface area contributed by atoms with Gasteiger partial charge in [0.05, 0.1) is 0 Å². The number of hydrogen-bond donors (Lipinski definition) is 0. The summed E-state index contributed by atoms with van der Waals surface area (Å²) in [7, 11) is 0. The van der Waals surface area contributed by atoms with E-state index in [0.717, 1.165) is 25.8 Å². The zero-order chi connectivity index (χ0) is 8.81. The predicted molar refractivity (Wildman–Crippen MR) is 50.9 cm³/mol. The SMILES string of the molecule is CC1=C(C)[C](C)([Tl])C(C)=C1C. The maximum absolute atomic E-state index is 2.38. The molecule has 0 aromatic heterocycles. The molecule has 58 valence electrons. The van der Waals surface area contributed by atoms with E-state index in [1.54, 1.807) is 11.1 Å². The van der Waals surface area contributed by atoms with Crippen LogP contribution in [0.15, 0.2) is 22.3 Å². The zero-order valence-corrected chi connectivity index (χ0v) is 12.6. The van der Waals surface area contributed by atoms with Crippen molar-refractivity contribution in [3.05, 3.63) is 22.3 Å². The summed E-state index contributed by atoms with van der Waals surface area (Å²) in [5.74, 6) is 0. The Balaban J connectivity index is 3.27. The molecule has 1 heteroatoms.